The molecule has 0 bridgehead atoms. The first-order valence-corrected chi connectivity index (χ1v) is 6.26. The van der Waals surface area contributed by atoms with Crippen LogP contribution in [0.4, 0.5) is 0 Å². The maximum atomic E-state index is 11.8. The molecule has 0 aliphatic carbocycles. The smallest absolute Gasteiger partial charge is 0.379 e. The van der Waals surface area contributed by atoms with Gasteiger partial charge in [0.1, 0.15) is 0 Å². The number of hydrogen-bond donors (Lipinski definition) is 0. The van der Waals surface area contributed by atoms with Crippen LogP contribution >= 0.6 is 23.4 Å². The van der Waals surface area contributed by atoms with Gasteiger partial charge in [-0.3, -0.25) is 4.79 Å². The number of carbonyl (C=O) groups is 2. The van der Waals surface area contributed by atoms with E-state index in [2.05, 4.69) is 4.74 Å². The Balaban J connectivity index is 3.12. The van der Waals surface area contributed by atoms with Gasteiger partial charge in [0.05, 0.1) is 17.2 Å². The summed E-state index contributed by atoms with van der Waals surface area (Å²) in [6.45, 7) is 1.82. The van der Waals surface area contributed by atoms with Gasteiger partial charge in [-0.05, 0) is 25.3 Å². The molecule has 0 heterocycles. The zero-order chi connectivity index (χ0) is 12.1. The van der Waals surface area contributed by atoms with Gasteiger partial charge in [-0.1, -0.05) is 17.7 Å². The second-order valence-electron chi connectivity index (χ2n) is 2.87. The highest BCUT2D eigenvalue weighted by Crippen LogP contribution is 2.27. The number of benzene rings is 1. The SMILES string of the molecule is CCOC(=O)C(=O)c1c(Cl)cccc1SC. The van der Waals surface area contributed by atoms with E-state index in [1.54, 1.807) is 25.1 Å². The summed E-state index contributed by atoms with van der Waals surface area (Å²) in [5.74, 6) is -1.57. The van der Waals surface area contributed by atoms with Crippen LogP contribution in [0.1, 0.15) is 17.3 Å². The van der Waals surface area contributed by atoms with E-state index in [1.165, 1.54) is 11.8 Å². The van der Waals surface area contributed by atoms with Crippen molar-refractivity contribution in [3.05, 3.63) is 28.8 Å². The Morgan fingerprint density at radius 1 is 1.44 bits per heavy atom. The zero-order valence-corrected chi connectivity index (χ0v) is 10.5. The molecular weight excluding hydrogens is 248 g/mol. The average Bonchev–Trinajstić information content (AvgIpc) is 2.28. The predicted octanol–water partition coefficient (Wildman–Crippen LogP) is 2.81. The van der Waals surface area contributed by atoms with E-state index in [0.717, 1.165) is 0 Å². The van der Waals surface area contributed by atoms with Gasteiger partial charge in [-0.15, -0.1) is 11.8 Å². The van der Waals surface area contributed by atoms with Gasteiger partial charge in [0, 0.05) is 4.90 Å². The Hall–Kier alpha value is -1.00. The van der Waals surface area contributed by atoms with Crippen molar-refractivity contribution in [3.8, 4) is 0 Å². The Morgan fingerprint density at radius 3 is 2.69 bits per heavy atom. The molecule has 0 saturated carbocycles. The van der Waals surface area contributed by atoms with Gasteiger partial charge in [-0.25, -0.2) is 4.79 Å². The van der Waals surface area contributed by atoms with Gasteiger partial charge in [-0.2, -0.15) is 0 Å². The molecule has 3 nitrogen and oxygen atoms in total. The first kappa shape index (κ1) is 13.1. The molecule has 0 amide bonds. The van der Waals surface area contributed by atoms with Crippen LogP contribution in [0.2, 0.25) is 5.02 Å². The number of carbonyl (C=O) groups excluding carboxylic acids is 2. The summed E-state index contributed by atoms with van der Waals surface area (Å²) in [5, 5.41) is 0.268. The molecule has 1 aromatic carbocycles. The van der Waals surface area contributed by atoms with Crippen molar-refractivity contribution in [1.82, 2.24) is 0 Å². The summed E-state index contributed by atoms with van der Waals surface area (Å²) < 4.78 is 4.66. The molecule has 0 aromatic heterocycles. The number of halogens is 1. The fourth-order valence-electron chi connectivity index (χ4n) is 1.19. The third-order valence-electron chi connectivity index (χ3n) is 1.88. The zero-order valence-electron chi connectivity index (χ0n) is 8.95. The molecular formula is C11H11ClO3S. The number of esters is 1. The lowest BCUT2D eigenvalue weighted by Crippen LogP contribution is -2.18. The molecule has 0 radical (unpaired) electrons. The van der Waals surface area contributed by atoms with E-state index in [9.17, 15) is 9.59 Å². The third kappa shape index (κ3) is 2.77. The normalized spacial score (nSPS) is 9.94. The summed E-state index contributed by atoms with van der Waals surface area (Å²) in [7, 11) is 0. The first-order chi connectivity index (χ1) is 7.61. The monoisotopic (exact) mass is 258 g/mol. The van der Waals surface area contributed by atoms with Gasteiger partial charge in [0.25, 0.3) is 5.78 Å². The van der Waals surface area contributed by atoms with E-state index in [-0.39, 0.29) is 17.2 Å². The number of hydrogen-bond acceptors (Lipinski definition) is 4. The van der Waals surface area contributed by atoms with E-state index in [1.807, 2.05) is 6.26 Å². The number of rotatable bonds is 4. The number of Topliss-reactive ketones (excluding diaryl/α,β-unsaturated/α-hetero) is 1. The van der Waals surface area contributed by atoms with Crippen LogP contribution < -0.4 is 0 Å². The summed E-state index contributed by atoms with van der Waals surface area (Å²) in [6, 6.07) is 5.05. The van der Waals surface area contributed by atoms with Crippen LogP contribution in [0, 0.1) is 0 Å². The van der Waals surface area contributed by atoms with Crippen LogP contribution in [0.3, 0.4) is 0 Å². The standard InChI is InChI=1S/C11H11ClO3S/c1-3-15-11(14)10(13)9-7(12)5-4-6-8(9)16-2/h4-6H,3H2,1-2H3. The molecule has 0 spiro atoms. The van der Waals surface area contributed by atoms with E-state index in [0.29, 0.717) is 4.90 Å². The van der Waals surface area contributed by atoms with E-state index >= 15 is 0 Å². The van der Waals surface area contributed by atoms with Crippen molar-refractivity contribution in [1.29, 1.82) is 0 Å². The van der Waals surface area contributed by atoms with Gasteiger partial charge >= 0.3 is 5.97 Å². The highest BCUT2D eigenvalue weighted by atomic mass is 35.5. The van der Waals surface area contributed by atoms with Crippen LogP contribution in [-0.2, 0) is 9.53 Å². The maximum absolute atomic E-state index is 11.8. The molecule has 0 N–H and O–H groups in total. The van der Waals surface area contributed by atoms with Crippen molar-refractivity contribution in [2.75, 3.05) is 12.9 Å². The summed E-state index contributed by atoms with van der Waals surface area (Å²) in [5.41, 5.74) is 0.218. The van der Waals surface area contributed by atoms with Crippen molar-refractivity contribution in [2.24, 2.45) is 0 Å². The van der Waals surface area contributed by atoms with E-state index < -0.39 is 11.8 Å². The highest BCUT2D eigenvalue weighted by Gasteiger charge is 2.23. The summed E-state index contributed by atoms with van der Waals surface area (Å²) >= 11 is 7.27. The highest BCUT2D eigenvalue weighted by molar-refractivity contribution is 7.98. The Labute approximate surface area is 103 Å². The minimum absolute atomic E-state index is 0.170. The number of ketones is 1. The van der Waals surface area contributed by atoms with Gasteiger partial charge < -0.3 is 4.74 Å². The van der Waals surface area contributed by atoms with Crippen molar-refractivity contribution >= 4 is 35.1 Å². The third-order valence-corrected chi connectivity index (χ3v) is 2.98. The first-order valence-electron chi connectivity index (χ1n) is 4.65. The molecule has 0 atom stereocenters. The molecule has 0 aliphatic rings. The summed E-state index contributed by atoms with van der Waals surface area (Å²) in [6.07, 6.45) is 1.81. The molecule has 1 rings (SSSR count). The van der Waals surface area contributed by atoms with Crippen molar-refractivity contribution in [3.63, 3.8) is 0 Å². The molecule has 0 unspecified atom stereocenters. The number of thioether (sulfide) groups is 1. The Morgan fingerprint density at radius 2 is 2.12 bits per heavy atom. The van der Waals surface area contributed by atoms with Gasteiger partial charge in [0.2, 0.25) is 0 Å². The lowest BCUT2D eigenvalue weighted by Gasteiger charge is -2.07. The lowest BCUT2D eigenvalue weighted by molar-refractivity contribution is -0.137. The second kappa shape index (κ2) is 5.92. The van der Waals surface area contributed by atoms with Crippen molar-refractivity contribution in [2.45, 2.75) is 11.8 Å². The van der Waals surface area contributed by atoms with Gasteiger partial charge in [0.15, 0.2) is 0 Å². The lowest BCUT2D eigenvalue weighted by atomic mass is 10.1. The largest absolute Gasteiger partial charge is 0.460 e. The Kier molecular flexibility index (Phi) is 4.83. The summed E-state index contributed by atoms with van der Waals surface area (Å²) in [4.78, 5) is 23.8. The molecule has 16 heavy (non-hydrogen) atoms. The minimum Gasteiger partial charge on any atom is -0.460 e. The molecule has 0 aliphatic heterocycles. The molecule has 0 fully saturated rings. The molecule has 5 heteroatoms. The van der Waals surface area contributed by atoms with Crippen LogP contribution in [0.5, 0.6) is 0 Å². The molecule has 0 saturated heterocycles. The molecule has 86 valence electrons. The quantitative estimate of drug-likeness (QED) is 0.361. The Bertz CT molecular complexity index is 418. The van der Waals surface area contributed by atoms with Crippen LogP contribution in [-0.4, -0.2) is 24.6 Å². The maximum Gasteiger partial charge on any atom is 0.379 e. The second-order valence-corrected chi connectivity index (χ2v) is 4.12. The van der Waals surface area contributed by atoms with Crippen LogP contribution in [0.15, 0.2) is 23.1 Å². The topological polar surface area (TPSA) is 43.4 Å². The fraction of sp³-hybridized carbons (Fsp3) is 0.273. The fourth-order valence-corrected chi connectivity index (χ4v) is 2.13. The number of ether oxygens (including phenoxy) is 1. The predicted molar refractivity (Wildman–Crippen MR) is 64.2 cm³/mol. The average molecular weight is 259 g/mol. The van der Waals surface area contributed by atoms with E-state index in [4.69, 9.17) is 11.6 Å². The molecule has 1 aromatic rings. The minimum atomic E-state index is -0.870. The van der Waals surface area contributed by atoms with Crippen LogP contribution in [0.25, 0.3) is 0 Å². The van der Waals surface area contributed by atoms with Crippen molar-refractivity contribution < 1.29 is 14.3 Å².